The highest BCUT2D eigenvalue weighted by molar-refractivity contribution is 6.31. The Kier molecular flexibility index (Phi) is 12.1. The zero-order chi connectivity index (χ0) is 33.5. The van der Waals surface area contributed by atoms with E-state index in [1.54, 1.807) is 36.4 Å². The third-order valence-electron chi connectivity index (χ3n) is 6.91. The van der Waals surface area contributed by atoms with Crippen molar-refractivity contribution in [2.45, 2.75) is 78.2 Å². The van der Waals surface area contributed by atoms with Crippen molar-refractivity contribution in [2.24, 2.45) is 0 Å². The Bertz CT molecular complexity index is 1440. The van der Waals surface area contributed by atoms with E-state index in [1.807, 2.05) is 6.92 Å². The van der Waals surface area contributed by atoms with Gasteiger partial charge in [0, 0.05) is 45.4 Å². The predicted octanol–water partition coefficient (Wildman–Crippen LogP) is 4.09. The molecule has 0 radical (unpaired) electrons. The number of carbonyl (C=O) groups excluding carboxylic acids is 5. The number of ketones is 1. The monoisotopic (exact) mass is 648 g/mol. The van der Waals surface area contributed by atoms with Gasteiger partial charge in [-0.2, -0.15) is 0 Å². The summed E-state index contributed by atoms with van der Waals surface area (Å²) >= 11 is 6.63. The molecule has 0 aliphatic carbocycles. The maximum Gasteiger partial charge on any atom is 0.303 e. The van der Waals surface area contributed by atoms with Crippen LogP contribution >= 0.6 is 11.6 Å². The van der Waals surface area contributed by atoms with Gasteiger partial charge in [-0.25, -0.2) is 0 Å². The fourth-order valence-electron chi connectivity index (χ4n) is 5.17. The summed E-state index contributed by atoms with van der Waals surface area (Å²) in [4.78, 5) is 60.9. The number of ether oxygens (including phenoxy) is 7. The van der Waals surface area contributed by atoms with E-state index in [4.69, 9.17) is 44.8 Å². The van der Waals surface area contributed by atoms with Crippen LogP contribution in [0.3, 0.4) is 0 Å². The SMILES string of the molecule is CCOc1ccc(Cc2cc([C@]3(OC)O[C@H](COC(C)=O)[C@@H](OC(C)=O)[C@H](OC(C)=O)[C@H]3OC(C)=O)ccc2Cl)cc1C(C)=O. The lowest BCUT2D eigenvalue weighted by atomic mass is 9.86. The molecule has 13 heteroatoms. The lowest BCUT2D eigenvalue weighted by Crippen LogP contribution is -2.67. The van der Waals surface area contributed by atoms with Crippen molar-refractivity contribution in [3.63, 3.8) is 0 Å². The van der Waals surface area contributed by atoms with Gasteiger partial charge in [-0.3, -0.25) is 24.0 Å². The molecule has 0 bridgehead atoms. The van der Waals surface area contributed by atoms with Crippen LogP contribution in [-0.2, 0) is 59.8 Å². The first-order valence-corrected chi connectivity index (χ1v) is 14.5. The third kappa shape index (κ3) is 8.59. The molecule has 1 aliphatic heterocycles. The summed E-state index contributed by atoms with van der Waals surface area (Å²) in [6.45, 7) is 7.82. The second-order valence-electron chi connectivity index (χ2n) is 10.3. The Hall–Kier alpha value is -4.00. The summed E-state index contributed by atoms with van der Waals surface area (Å²) in [6.07, 6.45) is -5.30. The number of hydrogen-bond acceptors (Lipinski definition) is 12. The molecule has 2 aromatic rings. The molecule has 12 nitrogen and oxygen atoms in total. The highest BCUT2D eigenvalue weighted by Gasteiger charge is 2.61. The van der Waals surface area contributed by atoms with Crippen molar-refractivity contribution < 1.29 is 57.1 Å². The van der Waals surface area contributed by atoms with Gasteiger partial charge in [0.2, 0.25) is 11.9 Å². The van der Waals surface area contributed by atoms with Gasteiger partial charge in [0.25, 0.3) is 0 Å². The largest absolute Gasteiger partial charge is 0.493 e. The Balaban J connectivity index is 2.19. The van der Waals surface area contributed by atoms with Crippen LogP contribution in [0.15, 0.2) is 36.4 Å². The summed E-state index contributed by atoms with van der Waals surface area (Å²) in [6, 6.07) is 10.1. The number of halogens is 1. The maximum atomic E-state index is 12.4. The van der Waals surface area contributed by atoms with Crippen molar-refractivity contribution in [3.05, 3.63) is 63.7 Å². The van der Waals surface area contributed by atoms with Gasteiger partial charge in [-0.15, -0.1) is 0 Å². The first kappa shape index (κ1) is 35.5. The average Bonchev–Trinajstić information content (AvgIpc) is 2.95. The van der Waals surface area contributed by atoms with Crippen LogP contribution in [-0.4, -0.2) is 74.4 Å². The molecule has 0 aromatic heterocycles. The fraction of sp³-hybridized carbons (Fsp3) is 0.469. The average molecular weight is 649 g/mol. The molecule has 1 heterocycles. The Morgan fingerprint density at radius 1 is 0.844 bits per heavy atom. The molecule has 0 saturated carbocycles. The molecular formula is C32H37ClO12. The van der Waals surface area contributed by atoms with Crippen molar-refractivity contribution in [1.82, 2.24) is 0 Å². The fourth-order valence-corrected chi connectivity index (χ4v) is 5.36. The first-order chi connectivity index (χ1) is 21.2. The van der Waals surface area contributed by atoms with E-state index in [-0.39, 0.29) is 12.2 Å². The molecule has 0 unspecified atom stereocenters. The number of methoxy groups -OCH3 is 1. The molecule has 244 valence electrons. The molecule has 5 atom stereocenters. The molecule has 1 saturated heterocycles. The van der Waals surface area contributed by atoms with Gasteiger partial charge in [0.1, 0.15) is 18.5 Å². The number of hydrogen-bond donors (Lipinski definition) is 0. The van der Waals surface area contributed by atoms with Gasteiger partial charge < -0.3 is 33.2 Å². The lowest BCUT2D eigenvalue weighted by molar-refractivity contribution is -0.367. The third-order valence-corrected chi connectivity index (χ3v) is 7.28. The zero-order valence-corrected chi connectivity index (χ0v) is 26.9. The molecule has 2 aromatic carbocycles. The van der Waals surface area contributed by atoms with E-state index in [0.29, 0.717) is 34.1 Å². The van der Waals surface area contributed by atoms with E-state index in [1.165, 1.54) is 21.0 Å². The summed E-state index contributed by atoms with van der Waals surface area (Å²) in [5.74, 6) is -4.64. The minimum atomic E-state index is -1.98. The number of Topliss-reactive ketones (excluding diaryl/α,β-unsaturated/α-hetero) is 1. The van der Waals surface area contributed by atoms with Crippen LogP contribution in [0.1, 0.15) is 68.6 Å². The minimum Gasteiger partial charge on any atom is -0.493 e. The molecule has 0 amide bonds. The summed E-state index contributed by atoms with van der Waals surface area (Å²) in [5.41, 5.74) is 2.03. The molecule has 45 heavy (non-hydrogen) atoms. The van der Waals surface area contributed by atoms with Gasteiger partial charge in [-0.1, -0.05) is 23.7 Å². The first-order valence-electron chi connectivity index (χ1n) is 14.2. The van der Waals surface area contributed by atoms with E-state index >= 15 is 0 Å². The van der Waals surface area contributed by atoms with E-state index < -0.39 is 60.7 Å². The van der Waals surface area contributed by atoms with Crippen molar-refractivity contribution in [2.75, 3.05) is 20.3 Å². The molecule has 0 spiro atoms. The second kappa shape index (κ2) is 15.3. The van der Waals surface area contributed by atoms with Gasteiger partial charge >= 0.3 is 23.9 Å². The maximum absolute atomic E-state index is 12.4. The zero-order valence-electron chi connectivity index (χ0n) is 26.2. The normalized spacial score (nSPS) is 22.6. The van der Waals surface area contributed by atoms with Crippen LogP contribution in [0.25, 0.3) is 0 Å². The smallest absolute Gasteiger partial charge is 0.303 e. The predicted molar refractivity (Wildman–Crippen MR) is 159 cm³/mol. The highest BCUT2D eigenvalue weighted by atomic mass is 35.5. The lowest BCUT2D eigenvalue weighted by Gasteiger charge is -2.50. The second-order valence-corrected chi connectivity index (χ2v) is 10.7. The van der Waals surface area contributed by atoms with Crippen LogP contribution in [0.5, 0.6) is 5.75 Å². The molecule has 3 rings (SSSR count). The standard InChI is InChI=1S/C32H37ClO12/c1-8-40-27-12-9-22(14-25(27)17(2)34)13-23-15-24(10-11-26(23)33)32(39-7)31(44-21(6)38)30(43-20(5)37)29(42-19(4)36)28(45-32)16-41-18(3)35/h9-12,14-15,28-31H,8,13,16H2,1-7H3/t28-,29-,30+,31-,32+/m1/s1. The number of carbonyl (C=O) groups is 5. The van der Waals surface area contributed by atoms with E-state index in [9.17, 15) is 24.0 Å². The number of rotatable bonds is 12. The minimum absolute atomic E-state index is 0.170. The van der Waals surface area contributed by atoms with Crippen LogP contribution in [0.2, 0.25) is 5.02 Å². The van der Waals surface area contributed by atoms with Gasteiger partial charge in [0.05, 0.1) is 12.2 Å². The van der Waals surface area contributed by atoms with Crippen molar-refractivity contribution >= 4 is 41.3 Å². The van der Waals surface area contributed by atoms with Gasteiger partial charge in [0.15, 0.2) is 18.0 Å². The van der Waals surface area contributed by atoms with Crippen molar-refractivity contribution in [1.29, 1.82) is 0 Å². The Morgan fingerprint density at radius 3 is 2.04 bits per heavy atom. The highest BCUT2D eigenvalue weighted by Crippen LogP contribution is 2.44. The van der Waals surface area contributed by atoms with Crippen LogP contribution in [0.4, 0.5) is 0 Å². The molecule has 0 N–H and O–H groups in total. The quantitative estimate of drug-likeness (QED) is 0.185. The van der Waals surface area contributed by atoms with Crippen molar-refractivity contribution in [3.8, 4) is 5.75 Å². The van der Waals surface area contributed by atoms with Gasteiger partial charge in [-0.05, 0) is 55.7 Å². The van der Waals surface area contributed by atoms with E-state index in [0.717, 1.165) is 26.3 Å². The Morgan fingerprint density at radius 2 is 1.49 bits per heavy atom. The van der Waals surface area contributed by atoms with E-state index in [2.05, 4.69) is 0 Å². The van der Waals surface area contributed by atoms with Crippen LogP contribution < -0.4 is 4.74 Å². The number of esters is 4. The number of benzene rings is 2. The summed E-state index contributed by atoms with van der Waals surface area (Å²) in [5, 5.41) is 0.369. The molecular weight excluding hydrogens is 612 g/mol. The summed E-state index contributed by atoms with van der Waals surface area (Å²) in [7, 11) is 1.29. The molecule has 1 aliphatic rings. The molecule has 1 fully saturated rings. The van der Waals surface area contributed by atoms with Crippen LogP contribution in [0, 0.1) is 0 Å². The Labute approximate surface area is 266 Å². The summed E-state index contributed by atoms with van der Waals surface area (Å²) < 4.78 is 39.9. The topological polar surface area (TPSA) is 150 Å².